The lowest BCUT2D eigenvalue weighted by molar-refractivity contribution is 0.475. The van der Waals surface area contributed by atoms with Crippen molar-refractivity contribution < 1.29 is 5.11 Å². The molecule has 0 aliphatic carbocycles. The Hall–Kier alpha value is -1.28. The standard InChI is InChI=1S/C13H14OS/c1-9-7-12(10(2)15-9)8-11-3-5-13(14)6-4-11/h3-7,14H,8H2,1-2H3. The molecule has 0 saturated carbocycles. The Morgan fingerprint density at radius 2 is 1.80 bits per heavy atom. The van der Waals surface area contributed by atoms with Crippen LogP contribution in [0.25, 0.3) is 0 Å². The fourth-order valence-electron chi connectivity index (χ4n) is 1.69. The zero-order valence-electron chi connectivity index (χ0n) is 8.95. The quantitative estimate of drug-likeness (QED) is 0.815. The van der Waals surface area contributed by atoms with E-state index in [1.807, 2.05) is 23.5 Å². The summed E-state index contributed by atoms with van der Waals surface area (Å²) < 4.78 is 0. The van der Waals surface area contributed by atoms with Crippen molar-refractivity contribution in [3.8, 4) is 5.75 Å². The third-order valence-corrected chi connectivity index (χ3v) is 3.48. The van der Waals surface area contributed by atoms with Gasteiger partial charge in [0, 0.05) is 9.75 Å². The third-order valence-electron chi connectivity index (χ3n) is 2.47. The minimum atomic E-state index is 0.331. The highest BCUT2D eigenvalue weighted by atomic mass is 32.1. The molecule has 1 aromatic carbocycles. The molecule has 78 valence electrons. The molecule has 0 aliphatic heterocycles. The second-order valence-electron chi connectivity index (χ2n) is 3.78. The highest BCUT2D eigenvalue weighted by molar-refractivity contribution is 7.12. The maximum absolute atomic E-state index is 9.18. The van der Waals surface area contributed by atoms with Crippen LogP contribution < -0.4 is 0 Å². The molecule has 15 heavy (non-hydrogen) atoms. The smallest absolute Gasteiger partial charge is 0.115 e. The first-order valence-electron chi connectivity index (χ1n) is 4.99. The Morgan fingerprint density at radius 1 is 1.13 bits per heavy atom. The van der Waals surface area contributed by atoms with E-state index in [1.165, 1.54) is 20.9 Å². The lowest BCUT2D eigenvalue weighted by Gasteiger charge is -2.00. The van der Waals surface area contributed by atoms with Gasteiger partial charge in [0.2, 0.25) is 0 Å². The van der Waals surface area contributed by atoms with Gasteiger partial charge in [-0.05, 0) is 49.6 Å². The monoisotopic (exact) mass is 218 g/mol. The minimum absolute atomic E-state index is 0.331. The lowest BCUT2D eigenvalue weighted by Crippen LogP contribution is -1.86. The van der Waals surface area contributed by atoms with Crippen molar-refractivity contribution in [2.24, 2.45) is 0 Å². The first kappa shape index (κ1) is 10.2. The number of aryl methyl sites for hydroxylation is 2. The largest absolute Gasteiger partial charge is 0.508 e. The number of phenols is 1. The molecule has 2 rings (SSSR count). The number of rotatable bonds is 2. The van der Waals surface area contributed by atoms with Crippen molar-refractivity contribution in [2.45, 2.75) is 20.3 Å². The van der Waals surface area contributed by atoms with E-state index in [-0.39, 0.29) is 0 Å². The number of hydrogen-bond acceptors (Lipinski definition) is 2. The molecular formula is C13H14OS. The third kappa shape index (κ3) is 2.39. The maximum Gasteiger partial charge on any atom is 0.115 e. The molecule has 0 spiro atoms. The van der Waals surface area contributed by atoms with Gasteiger partial charge < -0.3 is 5.11 Å². The average Bonchev–Trinajstić information content (AvgIpc) is 2.49. The molecule has 0 aliphatic rings. The molecule has 0 bridgehead atoms. The van der Waals surface area contributed by atoms with Crippen LogP contribution in [0.1, 0.15) is 20.9 Å². The molecule has 1 N–H and O–H groups in total. The molecule has 1 heterocycles. The van der Waals surface area contributed by atoms with Gasteiger partial charge in [-0.25, -0.2) is 0 Å². The summed E-state index contributed by atoms with van der Waals surface area (Å²) in [6, 6.07) is 9.67. The summed E-state index contributed by atoms with van der Waals surface area (Å²) in [7, 11) is 0. The van der Waals surface area contributed by atoms with Gasteiger partial charge in [0.25, 0.3) is 0 Å². The van der Waals surface area contributed by atoms with Gasteiger partial charge in [0.15, 0.2) is 0 Å². The molecule has 0 atom stereocenters. The highest BCUT2D eigenvalue weighted by Crippen LogP contribution is 2.23. The van der Waals surface area contributed by atoms with Gasteiger partial charge in [0.05, 0.1) is 0 Å². The van der Waals surface area contributed by atoms with Crippen molar-refractivity contribution in [3.63, 3.8) is 0 Å². The Bertz CT molecular complexity index is 454. The Kier molecular flexibility index (Phi) is 2.78. The number of phenolic OH excluding ortho intramolecular Hbond substituents is 1. The van der Waals surface area contributed by atoms with Gasteiger partial charge in [-0.1, -0.05) is 12.1 Å². The van der Waals surface area contributed by atoms with Gasteiger partial charge >= 0.3 is 0 Å². The molecule has 0 saturated heterocycles. The van der Waals surface area contributed by atoms with E-state index in [0.29, 0.717) is 5.75 Å². The van der Waals surface area contributed by atoms with Crippen molar-refractivity contribution in [1.29, 1.82) is 0 Å². The molecule has 0 amide bonds. The normalized spacial score (nSPS) is 10.5. The SMILES string of the molecule is Cc1cc(Cc2ccc(O)cc2)c(C)s1. The second-order valence-corrected chi connectivity index (χ2v) is 5.24. The minimum Gasteiger partial charge on any atom is -0.508 e. The molecule has 0 unspecified atom stereocenters. The maximum atomic E-state index is 9.18. The van der Waals surface area contributed by atoms with Crippen LogP contribution in [0.4, 0.5) is 0 Å². The van der Waals surface area contributed by atoms with Gasteiger partial charge in [-0.15, -0.1) is 11.3 Å². The zero-order valence-corrected chi connectivity index (χ0v) is 9.77. The van der Waals surface area contributed by atoms with E-state index in [0.717, 1.165) is 6.42 Å². The van der Waals surface area contributed by atoms with E-state index in [4.69, 9.17) is 0 Å². The summed E-state index contributed by atoms with van der Waals surface area (Å²) in [6.07, 6.45) is 0.955. The van der Waals surface area contributed by atoms with Gasteiger partial charge in [0.1, 0.15) is 5.75 Å². The van der Waals surface area contributed by atoms with Crippen LogP contribution in [0.3, 0.4) is 0 Å². The molecule has 2 heteroatoms. The Labute approximate surface area is 94.0 Å². The van der Waals surface area contributed by atoms with E-state index in [2.05, 4.69) is 19.9 Å². The van der Waals surface area contributed by atoms with Crippen LogP contribution in [-0.2, 0) is 6.42 Å². The van der Waals surface area contributed by atoms with Crippen LogP contribution in [-0.4, -0.2) is 5.11 Å². The fourth-order valence-corrected chi connectivity index (χ4v) is 2.64. The topological polar surface area (TPSA) is 20.2 Å². The van der Waals surface area contributed by atoms with E-state index in [9.17, 15) is 5.11 Å². The highest BCUT2D eigenvalue weighted by Gasteiger charge is 2.03. The summed E-state index contributed by atoms with van der Waals surface area (Å²) in [5, 5.41) is 9.18. The first-order chi connectivity index (χ1) is 7.15. The van der Waals surface area contributed by atoms with Crippen molar-refractivity contribution in [3.05, 3.63) is 51.2 Å². The van der Waals surface area contributed by atoms with Crippen LogP contribution in [0, 0.1) is 13.8 Å². The van der Waals surface area contributed by atoms with E-state index in [1.54, 1.807) is 12.1 Å². The van der Waals surface area contributed by atoms with Crippen LogP contribution in [0.15, 0.2) is 30.3 Å². The number of hydrogen-bond donors (Lipinski definition) is 1. The lowest BCUT2D eigenvalue weighted by atomic mass is 10.1. The van der Waals surface area contributed by atoms with E-state index < -0.39 is 0 Å². The average molecular weight is 218 g/mol. The molecule has 1 nitrogen and oxygen atoms in total. The molecule has 0 radical (unpaired) electrons. The Morgan fingerprint density at radius 3 is 2.33 bits per heavy atom. The van der Waals surface area contributed by atoms with Crippen LogP contribution >= 0.6 is 11.3 Å². The predicted octanol–water partition coefficient (Wildman–Crippen LogP) is 3.66. The summed E-state index contributed by atoms with van der Waals surface area (Å²) >= 11 is 1.84. The number of benzene rings is 1. The fraction of sp³-hybridized carbons (Fsp3) is 0.231. The van der Waals surface area contributed by atoms with Crippen LogP contribution in [0.2, 0.25) is 0 Å². The first-order valence-corrected chi connectivity index (χ1v) is 5.80. The summed E-state index contributed by atoms with van der Waals surface area (Å²) in [5.41, 5.74) is 2.64. The van der Waals surface area contributed by atoms with Crippen molar-refractivity contribution in [1.82, 2.24) is 0 Å². The van der Waals surface area contributed by atoms with Crippen LogP contribution in [0.5, 0.6) is 5.75 Å². The molecular weight excluding hydrogens is 204 g/mol. The Balaban J connectivity index is 2.21. The zero-order chi connectivity index (χ0) is 10.8. The summed E-state index contributed by atoms with van der Waals surface area (Å²) in [4.78, 5) is 2.75. The predicted molar refractivity (Wildman–Crippen MR) is 64.7 cm³/mol. The number of thiophene rings is 1. The van der Waals surface area contributed by atoms with Gasteiger partial charge in [-0.3, -0.25) is 0 Å². The van der Waals surface area contributed by atoms with E-state index >= 15 is 0 Å². The van der Waals surface area contributed by atoms with Crippen molar-refractivity contribution in [2.75, 3.05) is 0 Å². The van der Waals surface area contributed by atoms with Crippen molar-refractivity contribution >= 4 is 11.3 Å². The summed E-state index contributed by atoms with van der Waals surface area (Å²) in [5.74, 6) is 0.331. The van der Waals surface area contributed by atoms with Gasteiger partial charge in [-0.2, -0.15) is 0 Å². The molecule has 0 fully saturated rings. The molecule has 2 aromatic rings. The number of aromatic hydroxyl groups is 1. The second kappa shape index (κ2) is 4.07. The summed E-state index contributed by atoms with van der Waals surface area (Å²) in [6.45, 7) is 4.30. The molecule has 1 aromatic heterocycles.